The van der Waals surface area contributed by atoms with Gasteiger partial charge in [0.1, 0.15) is 17.3 Å². The normalized spacial score (nSPS) is 14.2. The Hall–Kier alpha value is -4.82. The number of benzene rings is 2. The minimum Gasteiger partial charge on any atom is -0.493 e. The fourth-order valence-electron chi connectivity index (χ4n) is 5.49. The summed E-state index contributed by atoms with van der Waals surface area (Å²) in [4.78, 5) is 50.2. The fourth-order valence-corrected chi connectivity index (χ4v) is 5.49. The monoisotopic (exact) mass is 692 g/mol. The molecule has 4 N–H and O–H groups in total. The first kappa shape index (κ1) is 38.6. The predicted octanol–water partition coefficient (Wildman–Crippen LogP) is 5.24. The second-order valence-electron chi connectivity index (χ2n) is 12.6. The number of fused-ring (bicyclic) bond motifs is 1. The Bertz CT molecular complexity index is 1580. The molecular weight excluding hydrogens is 649 g/mol. The molecule has 15 heteroatoms. The van der Waals surface area contributed by atoms with Crippen LogP contribution in [0.4, 0.5) is 18.9 Å². The third-order valence-electron chi connectivity index (χ3n) is 7.91. The van der Waals surface area contributed by atoms with Crippen LogP contribution in [0.25, 0.3) is 0 Å². The van der Waals surface area contributed by atoms with Gasteiger partial charge < -0.3 is 34.8 Å². The molecule has 1 fully saturated rings. The minimum atomic E-state index is -5.08. The number of ketones is 1. The topological polar surface area (TPSA) is 170 Å². The van der Waals surface area contributed by atoms with Crippen LogP contribution in [0.15, 0.2) is 24.3 Å². The van der Waals surface area contributed by atoms with Crippen LogP contribution in [-0.2, 0) is 21.5 Å². The van der Waals surface area contributed by atoms with Crippen LogP contribution >= 0.6 is 0 Å². The molecular formula is C34H43F3N4O8. The number of anilines is 1. The Labute approximate surface area is 282 Å². The zero-order valence-electron chi connectivity index (χ0n) is 28.3. The predicted molar refractivity (Wildman–Crippen MR) is 175 cm³/mol. The van der Waals surface area contributed by atoms with E-state index in [4.69, 9.17) is 29.9 Å². The van der Waals surface area contributed by atoms with Crippen molar-refractivity contribution < 1.29 is 52.0 Å². The van der Waals surface area contributed by atoms with Crippen molar-refractivity contribution in [2.45, 2.75) is 71.5 Å². The van der Waals surface area contributed by atoms with E-state index >= 15 is 0 Å². The first-order valence-corrected chi connectivity index (χ1v) is 15.9. The molecule has 0 atom stereocenters. The maximum absolute atomic E-state index is 13.8. The number of aliphatic carboxylic acids is 2. The molecule has 0 bridgehead atoms. The number of amides is 1. The van der Waals surface area contributed by atoms with Crippen LogP contribution < -0.4 is 19.7 Å². The van der Waals surface area contributed by atoms with Crippen molar-refractivity contribution in [3.8, 4) is 11.5 Å². The standard InChI is InChI=1S/C32H42N4O6.C2HF3O2/c1-6-41-27-16-21-18-36(30(33)22(21)17-23(27)31(40)34-5)19-26(37)20-14-24(32(2,3)4)29(42-13-9-10-28(38)39)25(15-20)35-11-7-8-12-35;3-2(4,5)1(6)7/h14-17,33H,6-13,18-19H2,1-5H3,(H,34,40)(H,38,39);(H,6,7). The van der Waals surface area contributed by atoms with E-state index in [1.54, 1.807) is 24.1 Å². The zero-order valence-corrected chi connectivity index (χ0v) is 28.3. The van der Waals surface area contributed by atoms with Gasteiger partial charge in [0.25, 0.3) is 5.91 Å². The van der Waals surface area contributed by atoms with Gasteiger partial charge in [-0.15, -0.1) is 0 Å². The average Bonchev–Trinajstić information content (AvgIpc) is 3.66. The Kier molecular flexibility index (Phi) is 12.7. The van der Waals surface area contributed by atoms with Crippen LogP contribution in [0.3, 0.4) is 0 Å². The Balaban J connectivity index is 0.000000838. The number of rotatable bonds is 12. The molecule has 0 unspecified atom stereocenters. The van der Waals surface area contributed by atoms with Crippen molar-refractivity contribution in [1.29, 1.82) is 5.41 Å². The quantitative estimate of drug-likeness (QED) is 0.170. The fraction of sp³-hybridized carbons (Fsp3) is 0.500. The molecule has 0 radical (unpaired) electrons. The van der Waals surface area contributed by atoms with Gasteiger partial charge in [0, 0.05) is 49.8 Å². The molecule has 2 heterocycles. The molecule has 268 valence electrons. The summed E-state index contributed by atoms with van der Waals surface area (Å²) < 4.78 is 43.7. The van der Waals surface area contributed by atoms with Crippen LogP contribution in [0.2, 0.25) is 0 Å². The van der Waals surface area contributed by atoms with E-state index in [1.807, 2.05) is 19.1 Å². The third kappa shape index (κ3) is 9.86. The molecule has 2 aromatic rings. The molecule has 0 saturated carbocycles. The summed E-state index contributed by atoms with van der Waals surface area (Å²) in [7, 11) is 1.55. The molecule has 0 spiro atoms. The average molecular weight is 693 g/mol. The van der Waals surface area contributed by atoms with E-state index in [9.17, 15) is 27.6 Å². The Morgan fingerprint density at radius 3 is 2.16 bits per heavy atom. The van der Waals surface area contributed by atoms with Gasteiger partial charge in [0.15, 0.2) is 5.78 Å². The highest BCUT2D eigenvalue weighted by Crippen LogP contribution is 2.42. The lowest BCUT2D eigenvalue weighted by molar-refractivity contribution is -0.192. The van der Waals surface area contributed by atoms with E-state index < -0.39 is 18.1 Å². The number of nitrogens with zero attached hydrogens (tertiary/aromatic N) is 2. The second kappa shape index (κ2) is 16.1. The van der Waals surface area contributed by atoms with Crippen LogP contribution in [0, 0.1) is 5.41 Å². The lowest BCUT2D eigenvalue weighted by Crippen LogP contribution is -2.31. The van der Waals surface area contributed by atoms with Crippen LogP contribution in [0.1, 0.15) is 90.8 Å². The van der Waals surface area contributed by atoms with E-state index in [0.29, 0.717) is 47.8 Å². The highest BCUT2D eigenvalue weighted by atomic mass is 19.4. The number of carbonyl (C=O) groups is 4. The Morgan fingerprint density at radius 1 is 1.00 bits per heavy atom. The molecule has 12 nitrogen and oxygen atoms in total. The maximum atomic E-state index is 13.8. The van der Waals surface area contributed by atoms with E-state index in [-0.39, 0.29) is 42.5 Å². The molecule has 4 rings (SSSR count). The Morgan fingerprint density at radius 2 is 1.63 bits per heavy atom. The van der Waals surface area contributed by atoms with Gasteiger partial charge in [-0.3, -0.25) is 19.8 Å². The number of nitrogens with one attached hydrogen (secondary N) is 2. The summed E-state index contributed by atoms with van der Waals surface area (Å²) in [6, 6.07) is 7.24. The molecule has 2 aliphatic rings. The molecule has 49 heavy (non-hydrogen) atoms. The van der Waals surface area contributed by atoms with Crippen molar-refractivity contribution in [1.82, 2.24) is 10.2 Å². The van der Waals surface area contributed by atoms with Crippen LogP contribution in [-0.4, -0.2) is 90.6 Å². The first-order chi connectivity index (χ1) is 22.9. The van der Waals surface area contributed by atoms with Gasteiger partial charge in [0.2, 0.25) is 0 Å². The lowest BCUT2D eigenvalue weighted by atomic mass is 9.84. The van der Waals surface area contributed by atoms with Crippen molar-refractivity contribution in [2.24, 2.45) is 0 Å². The largest absolute Gasteiger partial charge is 0.493 e. The first-order valence-electron chi connectivity index (χ1n) is 15.9. The third-order valence-corrected chi connectivity index (χ3v) is 7.91. The maximum Gasteiger partial charge on any atom is 0.490 e. The second-order valence-corrected chi connectivity index (χ2v) is 12.6. The van der Waals surface area contributed by atoms with Gasteiger partial charge in [-0.05, 0) is 61.4 Å². The number of alkyl halides is 3. The van der Waals surface area contributed by atoms with Crippen molar-refractivity contribution in [3.63, 3.8) is 0 Å². The summed E-state index contributed by atoms with van der Waals surface area (Å²) in [5.41, 5.74) is 3.77. The van der Waals surface area contributed by atoms with Gasteiger partial charge in [-0.25, -0.2) is 4.79 Å². The summed E-state index contributed by atoms with van der Waals surface area (Å²) in [5.74, 6) is -2.67. The number of amidine groups is 1. The van der Waals surface area contributed by atoms with Crippen molar-refractivity contribution >= 4 is 35.2 Å². The van der Waals surface area contributed by atoms with Gasteiger partial charge in [-0.2, -0.15) is 13.2 Å². The number of hydrogen-bond acceptors (Lipinski definition) is 8. The number of carbonyl (C=O) groups excluding carboxylic acids is 2. The number of halogens is 3. The molecule has 1 amide bonds. The smallest absolute Gasteiger partial charge is 0.490 e. The lowest BCUT2D eigenvalue weighted by Gasteiger charge is -2.30. The molecule has 2 aromatic carbocycles. The summed E-state index contributed by atoms with van der Waals surface area (Å²) in [6.45, 7) is 10.8. The molecule has 1 saturated heterocycles. The number of carboxylic acid groups (broad SMARTS) is 2. The number of Topliss-reactive ketones (excluding diaryl/α,β-unsaturated/α-hetero) is 1. The van der Waals surface area contributed by atoms with Crippen molar-refractivity contribution in [3.05, 3.63) is 52.1 Å². The number of ether oxygens (including phenoxy) is 2. The number of carboxylic acids is 2. The summed E-state index contributed by atoms with van der Waals surface area (Å²) >= 11 is 0. The summed E-state index contributed by atoms with van der Waals surface area (Å²) in [5, 5.41) is 27.6. The minimum absolute atomic E-state index is 0.00856. The zero-order chi connectivity index (χ0) is 36.7. The van der Waals surface area contributed by atoms with E-state index in [0.717, 1.165) is 42.7 Å². The van der Waals surface area contributed by atoms with Gasteiger partial charge in [0.05, 0.1) is 31.0 Å². The molecule has 2 aliphatic heterocycles. The number of hydrogen-bond donors (Lipinski definition) is 4. The SMILES string of the molecule is CCOc1cc2c(cc1C(=O)NC)C(=N)N(CC(=O)c1cc(N3CCCC3)c(OCCCC(=O)O)c(C(C)(C)C)c1)C2.O=C(O)C(F)(F)F. The highest BCUT2D eigenvalue weighted by molar-refractivity contribution is 6.08. The van der Waals surface area contributed by atoms with E-state index in [1.165, 1.54) is 0 Å². The van der Waals surface area contributed by atoms with Crippen LogP contribution in [0.5, 0.6) is 11.5 Å². The van der Waals surface area contributed by atoms with Gasteiger partial charge in [-0.1, -0.05) is 20.8 Å². The van der Waals surface area contributed by atoms with Gasteiger partial charge >= 0.3 is 18.1 Å². The summed E-state index contributed by atoms with van der Waals surface area (Å²) in [6.07, 6.45) is -2.57. The molecule has 0 aromatic heterocycles. The van der Waals surface area contributed by atoms with E-state index in [2.05, 4.69) is 31.0 Å². The molecule has 0 aliphatic carbocycles. The highest BCUT2D eigenvalue weighted by Gasteiger charge is 2.38. The van der Waals surface area contributed by atoms with Crippen molar-refractivity contribution in [2.75, 3.05) is 44.8 Å².